The van der Waals surface area contributed by atoms with E-state index >= 15 is 0 Å². The highest BCUT2D eigenvalue weighted by Gasteiger charge is 2.55. The third-order valence-electron chi connectivity index (χ3n) is 5.57. The van der Waals surface area contributed by atoms with Crippen molar-refractivity contribution < 1.29 is 14.3 Å². The molecule has 3 atom stereocenters. The minimum absolute atomic E-state index is 0.0667. The summed E-state index contributed by atoms with van der Waals surface area (Å²) in [5, 5.41) is 0. The molecule has 2 aliphatic heterocycles. The van der Waals surface area contributed by atoms with Crippen LogP contribution in [0, 0.1) is 5.41 Å². The normalized spacial score (nSPS) is 35.5. The zero-order valence-corrected chi connectivity index (χ0v) is 13.3. The highest BCUT2D eigenvalue weighted by molar-refractivity contribution is 5.95. The van der Waals surface area contributed by atoms with E-state index in [4.69, 9.17) is 4.74 Å². The van der Waals surface area contributed by atoms with Gasteiger partial charge in [-0.2, -0.15) is 0 Å². The molecule has 5 nitrogen and oxygen atoms in total. The van der Waals surface area contributed by atoms with Gasteiger partial charge in [0, 0.05) is 24.6 Å². The summed E-state index contributed by atoms with van der Waals surface area (Å²) < 4.78 is 5.75. The Labute approximate surface area is 126 Å². The van der Waals surface area contributed by atoms with E-state index in [1.54, 1.807) is 4.90 Å². The van der Waals surface area contributed by atoms with Crippen LogP contribution in [0.3, 0.4) is 0 Å². The van der Waals surface area contributed by atoms with Crippen LogP contribution in [0.1, 0.15) is 46.5 Å². The van der Waals surface area contributed by atoms with Crippen LogP contribution in [-0.4, -0.2) is 59.5 Å². The van der Waals surface area contributed by atoms with Crippen LogP contribution in [0.15, 0.2) is 0 Å². The van der Waals surface area contributed by atoms with Gasteiger partial charge in [-0.1, -0.05) is 13.8 Å². The van der Waals surface area contributed by atoms with Crippen molar-refractivity contribution in [3.63, 3.8) is 0 Å². The number of amides is 2. The SMILES string of the molecule is CCOC1CC(N2CC(=O)N3CCCCC3C2=O)C1(C)C. The number of hydrogen-bond donors (Lipinski definition) is 0. The Hall–Kier alpha value is -1.10. The number of rotatable bonds is 3. The standard InChI is InChI=1S/C16H26N2O3/c1-4-21-13-9-12(16(13,2)3)18-10-14(19)17-8-6-5-7-11(17)15(18)20/h11-13H,4-10H2,1-3H3. The van der Waals surface area contributed by atoms with Crippen LogP contribution in [-0.2, 0) is 14.3 Å². The van der Waals surface area contributed by atoms with Gasteiger partial charge in [0.2, 0.25) is 11.8 Å². The van der Waals surface area contributed by atoms with E-state index in [1.165, 1.54) is 0 Å². The predicted molar refractivity (Wildman–Crippen MR) is 78.7 cm³/mol. The molecule has 0 aromatic heterocycles. The average Bonchev–Trinajstić information content (AvgIpc) is 2.47. The van der Waals surface area contributed by atoms with Crippen molar-refractivity contribution in [1.29, 1.82) is 0 Å². The van der Waals surface area contributed by atoms with Crippen LogP contribution in [0.2, 0.25) is 0 Å². The number of fused-ring (bicyclic) bond motifs is 1. The van der Waals surface area contributed by atoms with Crippen molar-refractivity contribution in [3.8, 4) is 0 Å². The molecule has 0 aromatic carbocycles. The van der Waals surface area contributed by atoms with Gasteiger partial charge >= 0.3 is 0 Å². The highest BCUT2D eigenvalue weighted by Crippen LogP contribution is 2.46. The summed E-state index contributed by atoms with van der Waals surface area (Å²) in [4.78, 5) is 28.8. The molecular weight excluding hydrogens is 268 g/mol. The maximum atomic E-state index is 12.8. The molecular formula is C16H26N2O3. The van der Waals surface area contributed by atoms with Gasteiger partial charge in [0.1, 0.15) is 12.6 Å². The van der Waals surface area contributed by atoms with Crippen molar-refractivity contribution in [1.82, 2.24) is 9.80 Å². The van der Waals surface area contributed by atoms with Gasteiger partial charge in [-0.3, -0.25) is 9.59 Å². The number of carbonyl (C=O) groups excluding carboxylic acids is 2. The van der Waals surface area contributed by atoms with Crippen molar-refractivity contribution in [3.05, 3.63) is 0 Å². The summed E-state index contributed by atoms with van der Waals surface area (Å²) in [6.07, 6.45) is 3.94. The number of piperazine rings is 1. The zero-order chi connectivity index (χ0) is 15.2. The molecule has 0 bridgehead atoms. The van der Waals surface area contributed by atoms with E-state index in [9.17, 15) is 9.59 Å². The molecule has 5 heteroatoms. The summed E-state index contributed by atoms with van der Waals surface area (Å²) in [5.41, 5.74) is -0.0667. The Bertz CT molecular complexity index is 449. The monoisotopic (exact) mass is 294 g/mol. The number of hydrogen-bond acceptors (Lipinski definition) is 3. The summed E-state index contributed by atoms with van der Waals surface area (Å²) in [6, 6.07) is -0.0727. The second-order valence-electron chi connectivity index (χ2n) is 7.08. The van der Waals surface area contributed by atoms with Gasteiger partial charge in [0.05, 0.1) is 6.10 Å². The lowest BCUT2D eigenvalue weighted by Gasteiger charge is -2.57. The first kappa shape index (κ1) is 14.8. The fourth-order valence-corrected chi connectivity index (χ4v) is 4.13. The second kappa shape index (κ2) is 5.27. The van der Waals surface area contributed by atoms with E-state index in [0.717, 1.165) is 32.2 Å². The van der Waals surface area contributed by atoms with Crippen molar-refractivity contribution in [2.45, 2.75) is 64.6 Å². The molecule has 3 aliphatic rings. The molecule has 3 rings (SSSR count). The Morgan fingerprint density at radius 2 is 2.00 bits per heavy atom. The summed E-state index contributed by atoms with van der Waals surface area (Å²) >= 11 is 0. The second-order valence-corrected chi connectivity index (χ2v) is 7.08. The molecule has 1 saturated carbocycles. The molecule has 2 saturated heterocycles. The van der Waals surface area contributed by atoms with Crippen molar-refractivity contribution in [2.75, 3.05) is 19.7 Å². The van der Waals surface area contributed by atoms with Gasteiger partial charge in [-0.15, -0.1) is 0 Å². The van der Waals surface area contributed by atoms with E-state index in [0.29, 0.717) is 6.61 Å². The minimum atomic E-state index is -0.207. The molecule has 2 heterocycles. The molecule has 21 heavy (non-hydrogen) atoms. The van der Waals surface area contributed by atoms with Crippen LogP contribution in [0.25, 0.3) is 0 Å². The highest BCUT2D eigenvalue weighted by atomic mass is 16.5. The third-order valence-corrected chi connectivity index (χ3v) is 5.57. The number of ether oxygens (including phenoxy) is 1. The van der Waals surface area contributed by atoms with Gasteiger partial charge in [-0.05, 0) is 32.6 Å². The topological polar surface area (TPSA) is 49.9 Å². The van der Waals surface area contributed by atoms with E-state index in [2.05, 4.69) is 13.8 Å². The first-order valence-electron chi connectivity index (χ1n) is 8.18. The average molecular weight is 294 g/mol. The molecule has 2 amide bonds. The maximum absolute atomic E-state index is 12.8. The zero-order valence-electron chi connectivity index (χ0n) is 13.3. The first-order chi connectivity index (χ1) is 9.96. The Morgan fingerprint density at radius 1 is 1.24 bits per heavy atom. The quantitative estimate of drug-likeness (QED) is 0.791. The fraction of sp³-hybridized carbons (Fsp3) is 0.875. The molecule has 3 fully saturated rings. The number of carbonyl (C=O) groups is 2. The van der Waals surface area contributed by atoms with Crippen LogP contribution in [0.4, 0.5) is 0 Å². The molecule has 1 aliphatic carbocycles. The van der Waals surface area contributed by atoms with Crippen molar-refractivity contribution in [2.24, 2.45) is 5.41 Å². The van der Waals surface area contributed by atoms with E-state index < -0.39 is 0 Å². The van der Waals surface area contributed by atoms with Crippen LogP contribution < -0.4 is 0 Å². The lowest BCUT2D eigenvalue weighted by Crippen LogP contribution is -2.70. The maximum Gasteiger partial charge on any atom is 0.246 e. The number of nitrogens with zero attached hydrogens (tertiary/aromatic N) is 2. The first-order valence-corrected chi connectivity index (χ1v) is 8.18. The fourth-order valence-electron chi connectivity index (χ4n) is 4.13. The minimum Gasteiger partial charge on any atom is -0.378 e. The van der Waals surface area contributed by atoms with E-state index in [-0.39, 0.29) is 42.0 Å². The number of piperidine rings is 1. The Morgan fingerprint density at radius 3 is 2.67 bits per heavy atom. The summed E-state index contributed by atoms with van der Waals surface area (Å²) in [6.45, 7) is 7.99. The molecule has 3 unspecified atom stereocenters. The third kappa shape index (κ3) is 2.26. The molecule has 0 aromatic rings. The van der Waals surface area contributed by atoms with Gasteiger partial charge in [0.15, 0.2) is 0 Å². The van der Waals surface area contributed by atoms with Crippen molar-refractivity contribution >= 4 is 11.8 Å². The lowest BCUT2D eigenvalue weighted by atomic mass is 9.63. The molecule has 0 radical (unpaired) electrons. The van der Waals surface area contributed by atoms with Gasteiger partial charge in [-0.25, -0.2) is 0 Å². The predicted octanol–water partition coefficient (Wildman–Crippen LogP) is 1.41. The van der Waals surface area contributed by atoms with Gasteiger partial charge in [0.25, 0.3) is 0 Å². The molecule has 118 valence electrons. The summed E-state index contributed by atoms with van der Waals surface area (Å²) in [7, 11) is 0. The lowest BCUT2D eigenvalue weighted by molar-refractivity contribution is -0.183. The van der Waals surface area contributed by atoms with Gasteiger partial charge < -0.3 is 14.5 Å². The largest absolute Gasteiger partial charge is 0.378 e. The van der Waals surface area contributed by atoms with Crippen LogP contribution in [0.5, 0.6) is 0 Å². The Balaban J connectivity index is 1.75. The smallest absolute Gasteiger partial charge is 0.246 e. The van der Waals surface area contributed by atoms with Crippen LogP contribution >= 0.6 is 0 Å². The Kier molecular flexibility index (Phi) is 3.72. The summed E-state index contributed by atoms with van der Waals surface area (Å²) in [5.74, 6) is 0.275. The molecule has 0 spiro atoms. The van der Waals surface area contributed by atoms with E-state index in [1.807, 2.05) is 11.8 Å². The molecule has 0 N–H and O–H groups in total.